The number of benzene rings is 3. The van der Waals surface area contributed by atoms with Gasteiger partial charge in [-0.25, -0.2) is 9.59 Å². The van der Waals surface area contributed by atoms with E-state index in [0.29, 0.717) is 11.5 Å². The lowest BCUT2D eigenvalue weighted by Gasteiger charge is -2.15. The van der Waals surface area contributed by atoms with Gasteiger partial charge in [0.2, 0.25) is 0 Å². The lowest BCUT2D eigenvalue weighted by atomic mass is 10.1. The number of carbonyl (C=O) groups is 2. The van der Waals surface area contributed by atoms with Crippen LogP contribution in [-0.4, -0.2) is 11.9 Å². The second-order valence-corrected chi connectivity index (χ2v) is 10.3. The Hall–Kier alpha value is -3.57. The van der Waals surface area contributed by atoms with Gasteiger partial charge in [0.05, 0.1) is 10.9 Å². The number of carbonyl (C=O) groups excluding carboxylic acids is 2. The van der Waals surface area contributed by atoms with Crippen LogP contribution in [0, 0.1) is 27.7 Å². The average Bonchev–Trinajstić information content (AvgIpc) is 2.80. The summed E-state index contributed by atoms with van der Waals surface area (Å²) < 4.78 is 11.2. The zero-order valence-corrected chi connectivity index (χ0v) is 21.9. The third-order valence-corrected chi connectivity index (χ3v) is 7.49. The van der Waals surface area contributed by atoms with Gasteiger partial charge in [-0.2, -0.15) is 0 Å². The van der Waals surface area contributed by atoms with Crippen LogP contribution in [0.3, 0.4) is 0 Å². The van der Waals surface area contributed by atoms with Crippen LogP contribution in [0.4, 0.5) is 0 Å². The molecule has 0 aromatic heterocycles. The molecule has 0 bridgehead atoms. The number of ether oxygens (including phenoxy) is 2. The van der Waals surface area contributed by atoms with Crippen LogP contribution in [0.5, 0.6) is 11.5 Å². The minimum absolute atomic E-state index is 0.386. The first-order valence-electron chi connectivity index (χ1n) is 11.5. The van der Waals surface area contributed by atoms with Crippen molar-refractivity contribution in [1.82, 2.24) is 0 Å². The number of hydrogen-bond donors (Lipinski definition) is 0. The van der Waals surface area contributed by atoms with Crippen LogP contribution in [0.2, 0.25) is 0 Å². The Labute approximate surface area is 210 Å². The zero-order chi connectivity index (χ0) is 25.5. The third-order valence-electron chi connectivity index (χ3n) is 5.33. The van der Waals surface area contributed by atoms with E-state index in [1.165, 1.54) is 17.0 Å². The van der Waals surface area contributed by atoms with Crippen molar-refractivity contribution in [2.24, 2.45) is 0 Å². The van der Waals surface area contributed by atoms with Crippen molar-refractivity contribution in [2.45, 2.75) is 56.2 Å². The molecule has 0 heterocycles. The molecule has 3 aromatic rings. The van der Waals surface area contributed by atoms with E-state index in [1.54, 1.807) is 26.0 Å². The fourth-order valence-corrected chi connectivity index (χ4v) is 6.31. The molecule has 0 fully saturated rings. The first kappa shape index (κ1) is 26.0. The van der Waals surface area contributed by atoms with Crippen molar-refractivity contribution in [3.63, 3.8) is 0 Å². The van der Waals surface area contributed by atoms with Gasteiger partial charge in [0.25, 0.3) is 0 Å². The van der Waals surface area contributed by atoms with Crippen molar-refractivity contribution in [3.8, 4) is 11.5 Å². The SMILES string of the molecule is C/C=C/C(=O)Oc1c(C)cc([S+](c2ccccc2)c2cc(C)c(OC(=O)/C=C/C)c(C)c2)cc1C. The van der Waals surface area contributed by atoms with E-state index in [-0.39, 0.29) is 11.9 Å². The highest BCUT2D eigenvalue weighted by molar-refractivity contribution is 7.97. The quantitative estimate of drug-likeness (QED) is 0.156. The molecule has 0 amide bonds. The molecule has 0 aliphatic carbocycles. The van der Waals surface area contributed by atoms with E-state index < -0.39 is 10.9 Å². The lowest BCUT2D eigenvalue weighted by molar-refractivity contribution is -0.130. The molecule has 0 saturated carbocycles. The topological polar surface area (TPSA) is 52.6 Å². The molecule has 0 spiro atoms. The normalized spacial score (nSPS) is 11.4. The van der Waals surface area contributed by atoms with E-state index in [2.05, 4.69) is 36.4 Å². The van der Waals surface area contributed by atoms with Crippen molar-refractivity contribution < 1.29 is 19.1 Å². The van der Waals surface area contributed by atoms with Crippen LogP contribution < -0.4 is 9.47 Å². The molecule has 35 heavy (non-hydrogen) atoms. The molecule has 0 N–H and O–H groups in total. The molecule has 0 radical (unpaired) electrons. The maximum atomic E-state index is 12.1. The molecule has 0 atom stereocenters. The monoisotopic (exact) mass is 487 g/mol. The number of allylic oxidation sites excluding steroid dienone is 2. The number of hydrogen-bond acceptors (Lipinski definition) is 4. The van der Waals surface area contributed by atoms with Gasteiger partial charge < -0.3 is 9.47 Å². The van der Waals surface area contributed by atoms with E-state index in [9.17, 15) is 9.59 Å². The maximum absolute atomic E-state index is 12.1. The van der Waals surface area contributed by atoms with Crippen molar-refractivity contribution >= 4 is 22.8 Å². The summed E-state index contributed by atoms with van der Waals surface area (Å²) in [5, 5.41) is 0. The number of rotatable bonds is 7. The van der Waals surface area contributed by atoms with Crippen LogP contribution in [0.25, 0.3) is 0 Å². The Kier molecular flexibility index (Phi) is 8.72. The predicted octanol–water partition coefficient (Wildman–Crippen LogP) is 6.98. The average molecular weight is 488 g/mol. The molecule has 3 aromatic carbocycles. The number of esters is 2. The van der Waals surface area contributed by atoms with E-state index in [4.69, 9.17) is 9.47 Å². The largest absolute Gasteiger partial charge is 0.423 e. The minimum Gasteiger partial charge on any atom is -0.423 e. The van der Waals surface area contributed by atoms with Gasteiger partial charge >= 0.3 is 11.9 Å². The summed E-state index contributed by atoms with van der Waals surface area (Å²) in [5.41, 5.74) is 3.60. The molecular weight excluding hydrogens is 456 g/mol. The van der Waals surface area contributed by atoms with Gasteiger partial charge in [-0.3, -0.25) is 0 Å². The summed E-state index contributed by atoms with van der Waals surface area (Å²) in [6.07, 6.45) is 6.16. The first-order valence-corrected chi connectivity index (χ1v) is 12.7. The van der Waals surface area contributed by atoms with Gasteiger partial charge in [-0.15, -0.1) is 0 Å². The first-order chi connectivity index (χ1) is 16.7. The highest BCUT2D eigenvalue weighted by atomic mass is 32.2. The van der Waals surface area contributed by atoms with E-state index in [1.807, 2.05) is 45.9 Å². The molecule has 0 aliphatic rings. The summed E-state index contributed by atoms with van der Waals surface area (Å²) >= 11 is 0. The van der Waals surface area contributed by atoms with Crippen molar-refractivity contribution in [1.29, 1.82) is 0 Å². The second kappa shape index (κ2) is 11.7. The summed E-state index contributed by atoms with van der Waals surface area (Å²) in [6.45, 7) is 11.4. The summed E-state index contributed by atoms with van der Waals surface area (Å²) in [5.74, 6) is 0.407. The Balaban J connectivity index is 2.11. The van der Waals surface area contributed by atoms with E-state index >= 15 is 0 Å². The Morgan fingerprint density at radius 3 is 1.34 bits per heavy atom. The zero-order valence-electron chi connectivity index (χ0n) is 21.0. The van der Waals surface area contributed by atoms with Crippen molar-refractivity contribution in [3.05, 3.63) is 101 Å². The van der Waals surface area contributed by atoms with Crippen molar-refractivity contribution in [2.75, 3.05) is 0 Å². The second-order valence-electron chi connectivity index (χ2n) is 8.23. The molecular formula is C30H31O4S+. The molecule has 4 nitrogen and oxygen atoms in total. The molecule has 3 rings (SSSR count). The van der Waals surface area contributed by atoms with Crippen LogP contribution in [0.15, 0.2) is 93.6 Å². The molecule has 0 unspecified atom stereocenters. The van der Waals surface area contributed by atoms with Crippen LogP contribution in [0.1, 0.15) is 36.1 Å². The number of aryl methyl sites for hydroxylation is 4. The van der Waals surface area contributed by atoms with E-state index in [0.717, 1.165) is 32.0 Å². The lowest BCUT2D eigenvalue weighted by Crippen LogP contribution is -2.11. The molecule has 180 valence electrons. The smallest absolute Gasteiger partial charge is 0.335 e. The Bertz CT molecular complexity index is 1160. The fourth-order valence-electron chi connectivity index (χ4n) is 3.88. The maximum Gasteiger partial charge on any atom is 0.335 e. The predicted molar refractivity (Wildman–Crippen MR) is 141 cm³/mol. The highest BCUT2D eigenvalue weighted by Gasteiger charge is 2.31. The molecule has 0 saturated heterocycles. The van der Waals surface area contributed by atoms with Gasteiger partial charge in [-0.05, 0) is 75.9 Å². The van der Waals surface area contributed by atoms with Crippen LogP contribution in [-0.2, 0) is 20.5 Å². The molecule has 5 heteroatoms. The van der Waals surface area contributed by atoms with Crippen LogP contribution >= 0.6 is 0 Å². The summed E-state index contributed by atoms with van der Waals surface area (Å²) in [4.78, 5) is 27.5. The summed E-state index contributed by atoms with van der Waals surface area (Å²) in [7, 11) is -0.413. The highest BCUT2D eigenvalue weighted by Crippen LogP contribution is 2.38. The standard InChI is InChI=1S/C30H31O4S/c1-7-12-27(31)33-29-20(3)16-25(17-21(29)4)35(24-14-10-9-11-15-24)26-18-22(5)30(23(6)19-26)34-28(32)13-8-2/h7-19H,1-6H3/q+1/b12-7+,13-8+. The van der Waals surface area contributed by atoms with Gasteiger partial charge in [0.15, 0.2) is 14.7 Å². The Morgan fingerprint density at radius 1 is 0.629 bits per heavy atom. The fraction of sp³-hybridized carbons (Fsp3) is 0.200. The minimum atomic E-state index is -0.413. The third kappa shape index (κ3) is 6.31. The Morgan fingerprint density at radius 2 is 1.00 bits per heavy atom. The molecule has 0 aliphatic heterocycles. The van der Waals surface area contributed by atoms with Gasteiger partial charge in [0, 0.05) is 36.4 Å². The van der Waals surface area contributed by atoms with Gasteiger partial charge in [0.1, 0.15) is 11.5 Å². The summed E-state index contributed by atoms with van der Waals surface area (Å²) in [6, 6.07) is 18.7. The van der Waals surface area contributed by atoms with Gasteiger partial charge in [-0.1, -0.05) is 30.4 Å².